The van der Waals surface area contributed by atoms with Crippen LogP contribution in [0.3, 0.4) is 0 Å². The zero-order valence-corrected chi connectivity index (χ0v) is 15.1. The maximum Gasteiger partial charge on any atom is 0.231 e. The van der Waals surface area contributed by atoms with E-state index in [-0.39, 0.29) is 0 Å². The van der Waals surface area contributed by atoms with Crippen LogP contribution in [0.1, 0.15) is 35.7 Å². The number of ether oxygens (including phenoxy) is 2. The number of thioether (sulfide) groups is 1. The Kier molecular flexibility index (Phi) is 4.05. The summed E-state index contributed by atoms with van der Waals surface area (Å²) in [7, 11) is 0. The highest BCUT2D eigenvalue weighted by Gasteiger charge is 2.30. The predicted molar refractivity (Wildman–Crippen MR) is 99.7 cm³/mol. The predicted octanol–water partition coefficient (Wildman–Crippen LogP) is 4.22. The summed E-state index contributed by atoms with van der Waals surface area (Å²) in [5.41, 5.74) is 2.47. The van der Waals surface area contributed by atoms with Gasteiger partial charge < -0.3 is 14.0 Å². The van der Waals surface area contributed by atoms with E-state index >= 15 is 0 Å². The van der Waals surface area contributed by atoms with Gasteiger partial charge in [-0.1, -0.05) is 48.2 Å². The van der Waals surface area contributed by atoms with E-state index in [1.54, 1.807) is 11.8 Å². The van der Waals surface area contributed by atoms with E-state index in [4.69, 9.17) is 9.47 Å². The van der Waals surface area contributed by atoms with Crippen LogP contribution in [0.15, 0.2) is 53.7 Å². The van der Waals surface area contributed by atoms with Crippen LogP contribution < -0.4 is 9.47 Å². The minimum atomic E-state index is 0.308. The van der Waals surface area contributed by atoms with Crippen molar-refractivity contribution in [2.45, 2.75) is 36.2 Å². The Bertz CT molecular complexity index is 922. The van der Waals surface area contributed by atoms with Gasteiger partial charge in [-0.3, -0.25) is 0 Å². The molecule has 0 N–H and O–H groups in total. The van der Waals surface area contributed by atoms with Crippen molar-refractivity contribution in [3.8, 4) is 11.5 Å². The van der Waals surface area contributed by atoms with Gasteiger partial charge in [-0.15, -0.1) is 10.2 Å². The molecule has 2 aliphatic rings. The molecule has 0 radical (unpaired) electrons. The van der Waals surface area contributed by atoms with E-state index in [1.165, 1.54) is 24.0 Å². The van der Waals surface area contributed by atoms with Crippen molar-refractivity contribution >= 4 is 11.8 Å². The van der Waals surface area contributed by atoms with E-state index in [0.29, 0.717) is 12.7 Å². The largest absolute Gasteiger partial charge is 0.454 e. The Balaban J connectivity index is 1.37. The Labute approximate surface area is 156 Å². The molecule has 0 spiro atoms. The van der Waals surface area contributed by atoms with Crippen LogP contribution in [0.5, 0.6) is 11.5 Å². The van der Waals surface area contributed by atoms with Gasteiger partial charge >= 0.3 is 0 Å². The van der Waals surface area contributed by atoms with Crippen LogP contribution in [0.4, 0.5) is 0 Å². The molecule has 0 unspecified atom stereocenters. The Hall–Kier alpha value is -2.47. The monoisotopic (exact) mass is 365 g/mol. The summed E-state index contributed by atoms with van der Waals surface area (Å²) in [4.78, 5) is 0. The number of rotatable bonds is 6. The SMILES string of the molecule is c1ccc(Cn2c(SCc3ccc4c(c3)OCO4)nnc2C2CC2)cc1. The molecule has 132 valence electrons. The maximum atomic E-state index is 5.47. The lowest BCUT2D eigenvalue weighted by atomic mass is 10.2. The summed E-state index contributed by atoms with van der Waals surface area (Å²) < 4.78 is 13.1. The maximum absolute atomic E-state index is 5.47. The second-order valence-corrected chi connectivity index (χ2v) is 7.61. The molecule has 0 atom stereocenters. The van der Waals surface area contributed by atoms with Crippen LogP contribution in [-0.2, 0) is 12.3 Å². The quantitative estimate of drug-likeness (QED) is 0.612. The second-order valence-electron chi connectivity index (χ2n) is 6.66. The molecule has 5 nitrogen and oxygen atoms in total. The van der Waals surface area contributed by atoms with E-state index < -0.39 is 0 Å². The Morgan fingerprint density at radius 3 is 2.65 bits per heavy atom. The van der Waals surface area contributed by atoms with E-state index in [2.05, 4.69) is 51.2 Å². The van der Waals surface area contributed by atoms with E-state index in [1.807, 2.05) is 12.1 Å². The van der Waals surface area contributed by atoms with Crippen molar-refractivity contribution in [1.82, 2.24) is 14.8 Å². The fourth-order valence-corrected chi connectivity index (χ4v) is 4.03. The molecule has 2 aromatic carbocycles. The van der Waals surface area contributed by atoms with Crippen molar-refractivity contribution in [2.75, 3.05) is 6.79 Å². The fourth-order valence-electron chi connectivity index (χ4n) is 3.14. The molecule has 26 heavy (non-hydrogen) atoms. The normalized spacial score (nSPS) is 15.4. The number of benzene rings is 2. The molecule has 1 aromatic heterocycles. The summed E-state index contributed by atoms with van der Waals surface area (Å²) in [6.45, 7) is 1.13. The number of hydrogen-bond donors (Lipinski definition) is 0. The number of fused-ring (bicyclic) bond motifs is 1. The molecule has 1 saturated carbocycles. The molecule has 1 aliphatic carbocycles. The zero-order chi connectivity index (χ0) is 17.3. The van der Waals surface area contributed by atoms with Gasteiger partial charge in [-0.2, -0.15) is 0 Å². The third-order valence-electron chi connectivity index (χ3n) is 4.68. The van der Waals surface area contributed by atoms with Gasteiger partial charge in [0.15, 0.2) is 16.7 Å². The van der Waals surface area contributed by atoms with E-state index in [0.717, 1.165) is 34.8 Å². The van der Waals surface area contributed by atoms with Crippen LogP contribution in [0.25, 0.3) is 0 Å². The smallest absolute Gasteiger partial charge is 0.231 e. The molecular formula is C20H19N3O2S. The average Bonchev–Trinajstić information content (AvgIpc) is 3.28. The summed E-state index contributed by atoms with van der Waals surface area (Å²) in [6.07, 6.45) is 2.44. The van der Waals surface area contributed by atoms with Crippen molar-refractivity contribution in [3.63, 3.8) is 0 Å². The molecule has 6 heteroatoms. The number of aromatic nitrogens is 3. The lowest BCUT2D eigenvalue weighted by Gasteiger charge is -2.10. The van der Waals surface area contributed by atoms with Crippen molar-refractivity contribution in [3.05, 3.63) is 65.5 Å². The lowest BCUT2D eigenvalue weighted by Crippen LogP contribution is -2.06. The fraction of sp³-hybridized carbons (Fsp3) is 0.300. The van der Waals surface area contributed by atoms with Gasteiger partial charge in [-0.05, 0) is 36.1 Å². The molecule has 5 rings (SSSR count). The first-order chi connectivity index (χ1) is 12.9. The topological polar surface area (TPSA) is 49.2 Å². The summed E-state index contributed by atoms with van der Waals surface area (Å²) >= 11 is 1.72. The molecule has 1 fully saturated rings. The van der Waals surface area contributed by atoms with Gasteiger partial charge in [0.25, 0.3) is 0 Å². The summed E-state index contributed by atoms with van der Waals surface area (Å²) in [5.74, 6) is 4.18. The molecule has 3 aromatic rings. The third kappa shape index (κ3) is 3.17. The van der Waals surface area contributed by atoms with E-state index in [9.17, 15) is 0 Å². The minimum Gasteiger partial charge on any atom is -0.454 e. The molecule has 0 saturated heterocycles. The minimum absolute atomic E-state index is 0.308. The van der Waals surface area contributed by atoms with Crippen LogP contribution in [0, 0.1) is 0 Å². The first-order valence-corrected chi connectivity index (χ1v) is 9.84. The van der Waals surface area contributed by atoms with Gasteiger partial charge in [0.05, 0.1) is 6.54 Å². The van der Waals surface area contributed by atoms with Gasteiger partial charge in [0, 0.05) is 11.7 Å². The molecular weight excluding hydrogens is 346 g/mol. The van der Waals surface area contributed by atoms with Crippen molar-refractivity contribution < 1.29 is 9.47 Å². The first-order valence-electron chi connectivity index (χ1n) is 8.85. The molecule has 2 heterocycles. The van der Waals surface area contributed by atoms with Gasteiger partial charge in [0.1, 0.15) is 5.82 Å². The highest BCUT2D eigenvalue weighted by Crippen LogP contribution is 2.41. The standard InChI is InChI=1S/C20H19N3O2S/c1-2-4-14(5-3-1)11-23-19(16-7-8-16)21-22-20(23)26-12-15-6-9-17-18(10-15)25-13-24-17/h1-6,9-10,16H,7-8,11-13H2. The number of nitrogens with zero attached hydrogens (tertiary/aromatic N) is 3. The average molecular weight is 365 g/mol. The zero-order valence-electron chi connectivity index (χ0n) is 14.3. The van der Waals surface area contributed by atoms with Gasteiger partial charge in [-0.25, -0.2) is 0 Å². The molecule has 0 amide bonds. The third-order valence-corrected chi connectivity index (χ3v) is 5.71. The lowest BCUT2D eigenvalue weighted by molar-refractivity contribution is 0.174. The Morgan fingerprint density at radius 2 is 1.81 bits per heavy atom. The van der Waals surface area contributed by atoms with Crippen molar-refractivity contribution in [2.24, 2.45) is 0 Å². The Morgan fingerprint density at radius 1 is 0.962 bits per heavy atom. The van der Waals surface area contributed by atoms with Crippen LogP contribution >= 0.6 is 11.8 Å². The first kappa shape index (κ1) is 15.8. The number of hydrogen-bond acceptors (Lipinski definition) is 5. The highest BCUT2D eigenvalue weighted by atomic mass is 32.2. The summed E-state index contributed by atoms with van der Waals surface area (Å²) in [6, 6.07) is 16.6. The van der Waals surface area contributed by atoms with Crippen molar-refractivity contribution in [1.29, 1.82) is 0 Å². The molecule has 1 aliphatic heterocycles. The van der Waals surface area contributed by atoms with Gasteiger partial charge in [0.2, 0.25) is 6.79 Å². The summed E-state index contributed by atoms with van der Waals surface area (Å²) in [5, 5.41) is 9.95. The van der Waals surface area contributed by atoms with Crippen LogP contribution in [0.2, 0.25) is 0 Å². The second kappa shape index (κ2) is 6.68. The molecule has 0 bridgehead atoms. The van der Waals surface area contributed by atoms with Crippen LogP contribution in [-0.4, -0.2) is 21.6 Å². The highest BCUT2D eigenvalue weighted by molar-refractivity contribution is 7.98.